The van der Waals surface area contributed by atoms with Gasteiger partial charge >= 0.3 is 0 Å². The molecule has 2 aromatic rings. The Morgan fingerprint density at radius 1 is 1.12 bits per heavy atom. The van der Waals surface area contributed by atoms with E-state index < -0.39 is 0 Å². The lowest BCUT2D eigenvalue weighted by atomic mass is 10.1. The van der Waals surface area contributed by atoms with E-state index in [1.807, 2.05) is 6.07 Å². The quantitative estimate of drug-likeness (QED) is 0.866. The van der Waals surface area contributed by atoms with Gasteiger partial charge in [0, 0.05) is 11.6 Å². The summed E-state index contributed by atoms with van der Waals surface area (Å²) in [6.07, 6.45) is 0. The molecule has 1 aliphatic heterocycles. The van der Waals surface area contributed by atoms with E-state index in [-0.39, 0.29) is 25.9 Å². The lowest BCUT2D eigenvalue weighted by Crippen LogP contribution is -2.23. The second-order valence-electron chi connectivity index (χ2n) is 5.03. The van der Waals surface area contributed by atoms with Gasteiger partial charge in [-0.05, 0) is 36.4 Å². The number of fused-ring (bicyclic) bond motifs is 1. The van der Waals surface area contributed by atoms with Gasteiger partial charge in [-0.25, -0.2) is 0 Å². The van der Waals surface area contributed by atoms with Crippen molar-refractivity contribution in [1.82, 2.24) is 5.32 Å². The van der Waals surface area contributed by atoms with Gasteiger partial charge in [0.1, 0.15) is 12.4 Å². The van der Waals surface area contributed by atoms with Crippen LogP contribution in [-0.2, 0) is 0 Å². The Morgan fingerprint density at radius 2 is 1.92 bits per heavy atom. The molecule has 0 bridgehead atoms. The van der Waals surface area contributed by atoms with Gasteiger partial charge in [-0.15, -0.1) is 0 Å². The fourth-order valence-corrected chi connectivity index (χ4v) is 2.12. The normalized spacial score (nSPS) is 11.0. The van der Waals surface area contributed by atoms with Crippen molar-refractivity contribution in [2.75, 3.05) is 19.9 Å². The van der Waals surface area contributed by atoms with E-state index in [2.05, 4.69) is 17.2 Å². The summed E-state index contributed by atoms with van der Waals surface area (Å²) in [6.45, 7) is 0.632. The number of ether oxygens (including phenoxy) is 3. The van der Waals surface area contributed by atoms with Crippen LogP contribution in [0.2, 0.25) is 0 Å². The van der Waals surface area contributed by atoms with Crippen LogP contribution in [0.5, 0.6) is 17.2 Å². The Bertz CT molecular complexity index is 873. The van der Waals surface area contributed by atoms with E-state index >= 15 is 0 Å². The molecule has 1 N–H and O–H groups in total. The molecule has 0 radical (unpaired) electrons. The number of nitrogens with zero attached hydrogens (tertiary/aromatic N) is 1. The zero-order chi connectivity index (χ0) is 17.5. The fraction of sp³-hybridized carbons (Fsp3) is 0.158. The lowest BCUT2D eigenvalue weighted by Gasteiger charge is -2.03. The number of nitrogens with one attached hydrogen (secondary N) is 1. The summed E-state index contributed by atoms with van der Waals surface area (Å²) < 4.78 is 16.0. The van der Waals surface area contributed by atoms with Crippen LogP contribution in [-0.4, -0.2) is 25.9 Å². The Morgan fingerprint density at radius 3 is 2.72 bits per heavy atom. The van der Waals surface area contributed by atoms with Gasteiger partial charge < -0.3 is 19.5 Å². The van der Waals surface area contributed by atoms with Crippen LogP contribution < -0.4 is 19.5 Å². The Hall–Kier alpha value is -3.64. The Labute approximate surface area is 144 Å². The van der Waals surface area contributed by atoms with Crippen molar-refractivity contribution >= 4 is 5.91 Å². The molecule has 124 valence electrons. The first-order chi connectivity index (χ1) is 12.3. The standard InChI is InChI=1S/C19H14N2O4/c20-12-14-3-5-15(6-4-14)19(22)21-9-1-2-10-23-16-7-8-17-18(11-16)25-13-24-17/h3-8,11H,9-10,13H2,(H,21,22). The van der Waals surface area contributed by atoms with Crippen LogP contribution in [0.1, 0.15) is 15.9 Å². The third-order valence-electron chi connectivity index (χ3n) is 3.39. The number of amides is 1. The Balaban J connectivity index is 1.42. The van der Waals surface area contributed by atoms with Crippen molar-refractivity contribution in [3.8, 4) is 35.2 Å². The smallest absolute Gasteiger partial charge is 0.252 e. The van der Waals surface area contributed by atoms with Crippen LogP contribution in [0.25, 0.3) is 0 Å². The second-order valence-corrected chi connectivity index (χ2v) is 5.03. The molecule has 3 rings (SSSR count). The Kier molecular flexibility index (Phi) is 5.04. The molecule has 1 amide bonds. The van der Waals surface area contributed by atoms with Crippen molar-refractivity contribution in [1.29, 1.82) is 5.26 Å². The van der Waals surface area contributed by atoms with Gasteiger partial charge in [0.05, 0.1) is 18.2 Å². The fourth-order valence-electron chi connectivity index (χ4n) is 2.12. The molecular formula is C19H14N2O4. The van der Waals surface area contributed by atoms with E-state index in [1.165, 1.54) is 0 Å². The molecule has 1 heterocycles. The number of hydrogen-bond donors (Lipinski definition) is 1. The largest absolute Gasteiger partial charge is 0.481 e. The van der Waals surface area contributed by atoms with Crippen LogP contribution in [0.4, 0.5) is 0 Å². The molecule has 2 aromatic carbocycles. The van der Waals surface area contributed by atoms with Crippen molar-refractivity contribution in [2.24, 2.45) is 0 Å². The average molecular weight is 334 g/mol. The molecule has 0 spiro atoms. The summed E-state index contributed by atoms with van der Waals surface area (Å²) >= 11 is 0. The molecule has 0 aliphatic carbocycles. The highest BCUT2D eigenvalue weighted by Gasteiger charge is 2.13. The maximum atomic E-state index is 11.9. The third-order valence-corrected chi connectivity index (χ3v) is 3.39. The van der Waals surface area contributed by atoms with E-state index in [9.17, 15) is 4.79 Å². The number of carbonyl (C=O) groups is 1. The number of nitriles is 1. The van der Waals surface area contributed by atoms with Gasteiger partial charge in [0.15, 0.2) is 11.5 Å². The lowest BCUT2D eigenvalue weighted by molar-refractivity contribution is 0.0958. The van der Waals surface area contributed by atoms with Gasteiger partial charge in [-0.2, -0.15) is 5.26 Å². The first-order valence-corrected chi connectivity index (χ1v) is 7.53. The molecule has 0 atom stereocenters. The van der Waals surface area contributed by atoms with Crippen molar-refractivity contribution in [3.63, 3.8) is 0 Å². The summed E-state index contributed by atoms with van der Waals surface area (Å²) in [4.78, 5) is 11.9. The van der Waals surface area contributed by atoms with Gasteiger partial charge in [-0.1, -0.05) is 11.8 Å². The van der Waals surface area contributed by atoms with E-state index in [1.54, 1.807) is 42.5 Å². The van der Waals surface area contributed by atoms with Crippen LogP contribution in [0, 0.1) is 23.2 Å². The van der Waals surface area contributed by atoms with Crippen molar-refractivity contribution in [3.05, 3.63) is 53.6 Å². The predicted molar refractivity (Wildman–Crippen MR) is 89.3 cm³/mol. The summed E-state index contributed by atoms with van der Waals surface area (Å²) in [5.41, 5.74) is 0.995. The van der Waals surface area contributed by atoms with Gasteiger partial charge in [0.25, 0.3) is 5.91 Å². The summed E-state index contributed by atoms with van der Waals surface area (Å²) in [7, 11) is 0. The van der Waals surface area contributed by atoms with Crippen LogP contribution in [0.3, 0.4) is 0 Å². The number of carbonyl (C=O) groups excluding carboxylic acids is 1. The molecule has 0 fully saturated rings. The maximum absolute atomic E-state index is 11.9. The average Bonchev–Trinajstić information content (AvgIpc) is 3.12. The monoisotopic (exact) mass is 334 g/mol. The van der Waals surface area contributed by atoms with Crippen molar-refractivity contribution in [2.45, 2.75) is 0 Å². The highest BCUT2D eigenvalue weighted by Crippen LogP contribution is 2.34. The molecule has 6 nitrogen and oxygen atoms in total. The number of benzene rings is 2. The molecule has 6 heteroatoms. The highest BCUT2D eigenvalue weighted by atomic mass is 16.7. The van der Waals surface area contributed by atoms with E-state index in [0.717, 1.165) is 0 Å². The van der Waals surface area contributed by atoms with Gasteiger partial charge in [-0.3, -0.25) is 4.79 Å². The summed E-state index contributed by atoms with van der Waals surface area (Å²) in [6, 6.07) is 13.7. The topological polar surface area (TPSA) is 80.6 Å². The van der Waals surface area contributed by atoms with Crippen LogP contribution >= 0.6 is 0 Å². The first-order valence-electron chi connectivity index (χ1n) is 7.53. The van der Waals surface area contributed by atoms with Crippen molar-refractivity contribution < 1.29 is 19.0 Å². The van der Waals surface area contributed by atoms with E-state index in [0.29, 0.717) is 28.4 Å². The zero-order valence-electron chi connectivity index (χ0n) is 13.2. The number of hydrogen-bond acceptors (Lipinski definition) is 5. The second kappa shape index (κ2) is 7.76. The molecule has 0 saturated carbocycles. The minimum atomic E-state index is -0.240. The minimum Gasteiger partial charge on any atom is -0.481 e. The first kappa shape index (κ1) is 16.2. The zero-order valence-corrected chi connectivity index (χ0v) is 13.2. The van der Waals surface area contributed by atoms with Crippen LogP contribution in [0.15, 0.2) is 42.5 Å². The SMILES string of the molecule is N#Cc1ccc(C(=O)NCC#CCOc2ccc3c(c2)OCO3)cc1. The molecular weight excluding hydrogens is 320 g/mol. The summed E-state index contributed by atoms with van der Waals surface area (Å²) in [5, 5.41) is 11.4. The predicted octanol–water partition coefficient (Wildman–Crippen LogP) is 2.10. The summed E-state index contributed by atoms with van der Waals surface area (Å²) in [5.74, 6) is 7.39. The third kappa shape index (κ3) is 4.21. The maximum Gasteiger partial charge on any atom is 0.252 e. The molecule has 25 heavy (non-hydrogen) atoms. The molecule has 0 aromatic heterocycles. The minimum absolute atomic E-state index is 0.201. The molecule has 0 saturated heterocycles. The van der Waals surface area contributed by atoms with Gasteiger partial charge in [0.2, 0.25) is 6.79 Å². The van der Waals surface area contributed by atoms with E-state index in [4.69, 9.17) is 19.5 Å². The highest BCUT2D eigenvalue weighted by molar-refractivity contribution is 5.94. The molecule has 0 unspecified atom stereocenters. The number of rotatable bonds is 4. The molecule has 1 aliphatic rings.